The van der Waals surface area contributed by atoms with Crippen molar-refractivity contribution in [3.63, 3.8) is 0 Å². The van der Waals surface area contributed by atoms with E-state index in [1.807, 2.05) is 6.92 Å². The van der Waals surface area contributed by atoms with Gasteiger partial charge in [-0.25, -0.2) is 4.79 Å². The lowest BCUT2D eigenvalue weighted by Gasteiger charge is -2.38. The van der Waals surface area contributed by atoms with Crippen molar-refractivity contribution in [1.82, 2.24) is 10.2 Å². The van der Waals surface area contributed by atoms with Gasteiger partial charge in [0.2, 0.25) is 0 Å². The molecule has 1 aliphatic rings. The first-order valence-electron chi connectivity index (χ1n) is 4.59. The quantitative estimate of drug-likeness (QED) is 0.689. The van der Waals surface area contributed by atoms with Gasteiger partial charge in [0.1, 0.15) is 0 Å². The molecule has 2 unspecified atom stereocenters. The van der Waals surface area contributed by atoms with Crippen molar-refractivity contribution >= 4 is 6.03 Å². The van der Waals surface area contributed by atoms with Gasteiger partial charge in [-0.05, 0) is 20.3 Å². The monoisotopic (exact) mass is 181 g/mol. The summed E-state index contributed by atoms with van der Waals surface area (Å²) in [6.45, 7) is 5.10. The molecule has 0 bridgehead atoms. The van der Waals surface area contributed by atoms with Crippen LogP contribution in [0, 0.1) is 17.2 Å². The Kier molecular flexibility index (Phi) is 3.13. The molecule has 13 heavy (non-hydrogen) atoms. The van der Waals surface area contributed by atoms with Gasteiger partial charge in [-0.2, -0.15) is 5.26 Å². The number of carbonyl (C=O) groups is 1. The van der Waals surface area contributed by atoms with Crippen LogP contribution in [0.25, 0.3) is 0 Å². The van der Waals surface area contributed by atoms with Crippen LogP contribution in [0.2, 0.25) is 0 Å². The fourth-order valence-electron chi connectivity index (χ4n) is 1.21. The number of hydrogen-bond donors (Lipinski definition) is 1. The molecule has 1 N–H and O–H groups in total. The van der Waals surface area contributed by atoms with Crippen LogP contribution < -0.4 is 5.32 Å². The van der Waals surface area contributed by atoms with E-state index in [9.17, 15) is 4.79 Å². The van der Waals surface area contributed by atoms with Crippen LogP contribution in [0.4, 0.5) is 4.79 Å². The molecule has 1 aliphatic heterocycles. The Morgan fingerprint density at radius 2 is 2.54 bits per heavy atom. The Labute approximate surface area is 78.5 Å². The maximum absolute atomic E-state index is 11.4. The van der Waals surface area contributed by atoms with E-state index in [1.165, 1.54) is 0 Å². The predicted octanol–water partition coefficient (Wildman–Crippen LogP) is 0.950. The van der Waals surface area contributed by atoms with Gasteiger partial charge in [0.15, 0.2) is 0 Å². The molecule has 1 rings (SSSR count). The first-order valence-corrected chi connectivity index (χ1v) is 4.59. The Balaban J connectivity index is 2.22. The summed E-state index contributed by atoms with van der Waals surface area (Å²) < 4.78 is 0. The Morgan fingerprint density at radius 3 is 2.92 bits per heavy atom. The molecule has 1 fully saturated rings. The number of nitrogens with zero attached hydrogens (tertiary/aromatic N) is 2. The van der Waals surface area contributed by atoms with E-state index in [2.05, 4.69) is 11.4 Å². The molecular weight excluding hydrogens is 166 g/mol. The van der Waals surface area contributed by atoms with E-state index < -0.39 is 0 Å². The molecule has 0 aliphatic carbocycles. The van der Waals surface area contributed by atoms with Crippen molar-refractivity contribution in [3.8, 4) is 6.07 Å². The lowest BCUT2D eigenvalue weighted by atomic mass is 10.1. The maximum atomic E-state index is 11.4. The second kappa shape index (κ2) is 4.13. The van der Waals surface area contributed by atoms with Crippen LogP contribution in [-0.4, -0.2) is 30.1 Å². The van der Waals surface area contributed by atoms with Gasteiger partial charge in [0.05, 0.1) is 12.0 Å². The lowest BCUT2D eigenvalue weighted by Crippen LogP contribution is -2.53. The summed E-state index contributed by atoms with van der Waals surface area (Å²) >= 11 is 0. The number of nitriles is 1. The van der Waals surface area contributed by atoms with Gasteiger partial charge in [0.25, 0.3) is 0 Å². The van der Waals surface area contributed by atoms with Gasteiger partial charge < -0.3 is 10.2 Å². The topological polar surface area (TPSA) is 56.1 Å². The van der Waals surface area contributed by atoms with Crippen LogP contribution in [0.1, 0.15) is 20.3 Å². The molecule has 4 nitrogen and oxygen atoms in total. The average Bonchev–Trinajstić information content (AvgIpc) is 2.11. The van der Waals surface area contributed by atoms with E-state index in [0.29, 0.717) is 12.6 Å². The zero-order chi connectivity index (χ0) is 9.84. The summed E-state index contributed by atoms with van der Waals surface area (Å²) in [6.07, 6.45) is 1.08. The van der Waals surface area contributed by atoms with Gasteiger partial charge in [0, 0.05) is 19.1 Å². The zero-order valence-corrected chi connectivity index (χ0v) is 8.08. The van der Waals surface area contributed by atoms with Crippen molar-refractivity contribution in [2.75, 3.05) is 13.1 Å². The fraction of sp³-hybridized carbons (Fsp3) is 0.778. The second-order valence-electron chi connectivity index (χ2n) is 3.55. The minimum atomic E-state index is -0.111. The van der Waals surface area contributed by atoms with E-state index in [4.69, 9.17) is 5.26 Å². The molecule has 0 aromatic heterocycles. The number of rotatable bonds is 2. The van der Waals surface area contributed by atoms with Gasteiger partial charge in [-0.3, -0.25) is 0 Å². The number of nitrogens with one attached hydrogen (secondary N) is 1. The van der Waals surface area contributed by atoms with Crippen LogP contribution in [0.5, 0.6) is 0 Å². The number of urea groups is 1. The normalized spacial score (nSPS) is 22.8. The average molecular weight is 181 g/mol. The highest BCUT2D eigenvalue weighted by Gasteiger charge is 2.27. The summed E-state index contributed by atoms with van der Waals surface area (Å²) in [5, 5.41) is 11.2. The molecule has 2 amide bonds. The molecule has 0 saturated carbocycles. The zero-order valence-electron chi connectivity index (χ0n) is 8.08. The Hall–Kier alpha value is -1.24. The molecule has 2 atom stereocenters. The molecule has 0 spiro atoms. The summed E-state index contributed by atoms with van der Waals surface area (Å²) in [7, 11) is 0. The van der Waals surface area contributed by atoms with Crippen molar-refractivity contribution in [2.24, 2.45) is 5.92 Å². The molecule has 0 aromatic rings. The standard InChI is InChI=1S/C9H15N3O/c1-7(5-10)6-11-9(13)12-4-3-8(12)2/h7-8H,3-4,6H2,1-2H3,(H,11,13). The predicted molar refractivity (Wildman–Crippen MR) is 49.0 cm³/mol. The number of hydrogen-bond acceptors (Lipinski definition) is 2. The molecule has 1 saturated heterocycles. The largest absolute Gasteiger partial charge is 0.337 e. The summed E-state index contributed by atoms with van der Waals surface area (Å²) in [6, 6.07) is 2.39. The number of likely N-dealkylation sites (tertiary alicyclic amines) is 1. The molecule has 72 valence electrons. The van der Waals surface area contributed by atoms with Crippen LogP contribution in [0.3, 0.4) is 0 Å². The van der Waals surface area contributed by atoms with Crippen LogP contribution >= 0.6 is 0 Å². The highest BCUT2D eigenvalue weighted by Crippen LogP contribution is 2.15. The van der Waals surface area contributed by atoms with Gasteiger partial charge in [-0.1, -0.05) is 0 Å². The van der Waals surface area contributed by atoms with E-state index in [-0.39, 0.29) is 11.9 Å². The highest BCUT2D eigenvalue weighted by atomic mass is 16.2. The van der Waals surface area contributed by atoms with Crippen LogP contribution in [0.15, 0.2) is 0 Å². The van der Waals surface area contributed by atoms with Crippen LogP contribution in [-0.2, 0) is 0 Å². The van der Waals surface area contributed by atoms with E-state index >= 15 is 0 Å². The van der Waals surface area contributed by atoms with E-state index in [1.54, 1.807) is 11.8 Å². The van der Waals surface area contributed by atoms with Gasteiger partial charge >= 0.3 is 6.03 Å². The first-order chi connectivity index (χ1) is 6.15. The molecule has 1 heterocycles. The summed E-state index contributed by atoms with van der Waals surface area (Å²) in [4.78, 5) is 13.1. The minimum absolute atomic E-state index is 0.0409. The minimum Gasteiger partial charge on any atom is -0.337 e. The second-order valence-corrected chi connectivity index (χ2v) is 3.55. The summed E-state index contributed by atoms with van der Waals surface area (Å²) in [5.74, 6) is -0.111. The van der Waals surface area contributed by atoms with Crippen molar-refractivity contribution in [2.45, 2.75) is 26.3 Å². The Bertz CT molecular complexity index is 234. The molecular formula is C9H15N3O. The smallest absolute Gasteiger partial charge is 0.317 e. The Morgan fingerprint density at radius 1 is 1.85 bits per heavy atom. The number of carbonyl (C=O) groups excluding carboxylic acids is 1. The molecule has 4 heteroatoms. The van der Waals surface area contributed by atoms with Gasteiger partial charge in [-0.15, -0.1) is 0 Å². The highest BCUT2D eigenvalue weighted by molar-refractivity contribution is 5.75. The van der Waals surface area contributed by atoms with Crippen molar-refractivity contribution < 1.29 is 4.79 Å². The third-order valence-electron chi connectivity index (χ3n) is 2.36. The number of amides is 2. The molecule has 0 radical (unpaired) electrons. The summed E-state index contributed by atoms with van der Waals surface area (Å²) in [5.41, 5.74) is 0. The fourth-order valence-corrected chi connectivity index (χ4v) is 1.21. The SMILES string of the molecule is CC(C#N)CNC(=O)N1CCC1C. The third kappa shape index (κ3) is 2.35. The third-order valence-corrected chi connectivity index (χ3v) is 2.36. The first kappa shape index (κ1) is 9.85. The van der Waals surface area contributed by atoms with Crippen molar-refractivity contribution in [1.29, 1.82) is 5.26 Å². The van der Waals surface area contributed by atoms with Crippen molar-refractivity contribution in [3.05, 3.63) is 0 Å². The molecule has 0 aromatic carbocycles. The maximum Gasteiger partial charge on any atom is 0.317 e. The van der Waals surface area contributed by atoms with E-state index in [0.717, 1.165) is 13.0 Å². The lowest BCUT2D eigenvalue weighted by molar-refractivity contribution is 0.124.